The molecule has 10 heteroatoms. The van der Waals surface area contributed by atoms with Crippen LogP contribution < -0.4 is 16.8 Å². The third-order valence-electron chi connectivity index (χ3n) is 6.46. The maximum Gasteiger partial charge on any atom is 0.341 e. The highest BCUT2D eigenvalue weighted by Gasteiger charge is 2.31. The number of anilines is 3. The van der Waals surface area contributed by atoms with E-state index in [0.717, 1.165) is 33.8 Å². The average molecular weight is 532 g/mol. The number of nitrogens with zero attached hydrogens (tertiary/aromatic N) is 2. The highest BCUT2D eigenvalue weighted by Crippen LogP contribution is 2.46. The summed E-state index contributed by atoms with van der Waals surface area (Å²) in [6.07, 6.45) is 1.48. The number of hydrogen-bond donors (Lipinski definition) is 3. The molecular weight excluding hydrogens is 506 g/mol. The molecule has 1 aliphatic rings. The molecule has 0 unspecified atom stereocenters. The van der Waals surface area contributed by atoms with Crippen molar-refractivity contribution in [3.8, 4) is 16.5 Å². The summed E-state index contributed by atoms with van der Waals surface area (Å²) in [7, 11) is 0. The third kappa shape index (κ3) is 4.00. The Balaban J connectivity index is 1.62. The number of aromatic nitrogens is 1. The Morgan fingerprint density at radius 3 is 2.68 bits per heavy atom. The smallest absolute Gasteiger partial charge is 0.341 e. The fourth-order valence-corrected chi connectivity index (χ4v) is 7.18. The highest BCUT2D eigenvalue weighted by molar-refractivity contribution is 7.22. The van der Waals surface area contributed by atoms with Gasteiger partial charge in [0.25, 0.3) is 5.91 Å². The Bertz CT molecular complexity index is 1630. The fourth-order valence-electron chi connectivity index (χ4n) is 4.87. The molecule has 1 amide bonds. The molecule has 0 aliphatic heterocycles. The molecule has 0 spiro atoms. The van der Waals surface area contributed by atoms with E-state index in [1.807, 2.05) is 32.0 Å². The van der Waals surface area contributed by atoms with Gasteiger partial charge < -0.3 is 21.5 Å². The van der Waals surface area contributed by atoms with Crippen molar-refractivity contribution in [3.63, 3.8) is 0 Å². The number of fused-ring (bicyclic) bond motifs is 4. The van der Waals surface area contributed by atoms with Crippen LogP contribution in [0, 0.1) is 11.3 Å². The van der Waals surface area contributed by atoms with Crippen LogP contribution in [-0.2, 0) is 17.6 Å². The summed E-state index contributed by atoms with van der Waals surface area (Å²) in [5, 5.41) is 13.6. The van der Waals surface area contributed by atoms with Crippen molar-refractivity contribution in [1.29, 1.82) is 5.26 Å². The third-order valence-corrected chi connectivity index (χ3v) is 8.74. The lowest BCUT2D eigenvalue weighted by Gasteiger charge is -2.16. The number of ether oxygens (including phenoxy) is 1. The number of hydrogen-bond acceptors (Lipinski definition) is 9. The van der Waals surface area contributed by atoms with Crippen molar-refractivity contribution in [2.75, 3.05) is 23.4 Å². The first-order valence-electron chi connectivity index (χ1n) is 11.9. The predicted molar refractivity (Wildman–Crippen MR) is 148 cm³/mol. The van der Waals surface area contributed by atoms with Gasteiger partial charge in [-0.1, -0.05) is 38.1 Å². The quantitative estimate of drug-likeness (QED) is 0.280. The van der Waals surface area contributed by atoms with Gasteiger partial charge in [-0.15, -0.1) is 22.7 Å². The van der Waals surface area contributed by atoms with Crippen molar-refractivity contribution in [2.24, 2.45) is 0 Å². The minimum atomic E-state index is -0.464. The Morgan fingerprint density at radius 2 is 1.97 bits per heavy atom. The topological polar surface area (TPSA) is 144 Å². The van der Waals surface area contributed by atoms with Crippen LogP contribution in [0.2, 0.25) is 0 Å². The first-order valence-corrected chi connectivity index (χ1v) is 13.5. The van der Waals surface area contributed by atoms with Gasteiger partial charge in [0.05, 0.1) is 23.4 Å². The Kier molecular flexibility index (Phi) is 6.35. The number of nitrogen functional groups attached to an aromatic ring is 2. The highest BCUT2D eigenvalue weighted by atomic mass is 32.1. The number of esters is 1. The molecule has 3 aromatic heterocycles. The number of nitriles is 1. The molecule has 3 heterocycles. The Labute approximate surface area is 221 Å². The summed E-state index contributed by atoms with van der Waals surface area (Å²) >= 11 is 2.48. The molecule has 1 aromatic carbocycles. The van der Waals surface area contributed by atoms with E-state index < -0.39 is 11.9 Å². The maximum absolute atomic E-state index is 13.6. The van der Waals surface area contributed by atoms with Gasteiger partial charge >= 0.3 is 5.97 Å². The number of carbonyl (C=O) groups is 2. The van der Waals surface area contributed by atoms with Gasteiger partial charge in [0.1, 0.15) is 26.6 Å². The lowest BCUT2D eigenvalue weighted by Crippen LogP contribution is -2.16. The van der Waals surface area contributed by atoms with Crippen molar-refractivity contribution in [1.82, 2.24) is 4.98 Å². The molecule has 8 nitrogen and oxygen atoms in total. The number of thiophene rings is 2. The zero-order valence-corrected chi connectivity index (χ0v) is 22.2. The number of rotatable bonds is 5. The van der Waals surface area contributed by atoms with E-state index in [1.54, 1.807) is 6.92 Å². The van der Waals surface area contributed by atoms with Crippen molar-refractivity contribution < 1.29 is 14.3 Å². The van der Waals surface area contributed by atoms with E-state index in [4.69, 9.17) is 16.2 Å². The lowest BCUT2D eigenvalue weighted by atomic mass is 9.89. The molecule has 0 saturated heterocycles. The number of benzene rings is 1. The maximum atomic E-state index is 13.6. The average Bonchev–Trinajstić information content (AvgIpc) is 3.40. The zero-order chi connectivity index (χ0) is 26.4. The van der Waals surface area contributed by atoms with E-state index in [1.165, 1.54) is 16.9 Å². The first kappa shape index (κ1) is 24.7. The molecule has 0 fully saturated rings. The normalized spacial score (nSPS) is 12.2. The van der Waals surface area contributed by atoms with Crippen molar-refractivity contribution >= 4 is 61.3 Å². The van der Waals surface area contributed by atoms with Crippen LogP contribution in [0.15, 0.2) is 24.3 Å². The van der Waals surface area contributed by atoms with Gasteiger partial charge in [-0.3, -0.25) is 4.79 Å². The number of pyridine rings is 1. The first-order chi connectivity index (χ1) is 17.8. The summed E-state index contributed by atoms with van der Waals surface area (Å²) in [6, 6.07) is 10.2. The zero-order valence-electron chi connectivity index (χ0n) is 20.6. The molecule has 5 rings (SSSR count). The number of aryl methyl sites for hydroxylation is 1. The molecule has 0 saturated carbocycles. The van der Waals surface area contributed by atoms with Gasteiger partial charge in [-0.05, 0) is 47.9 Å². The van der Waals surface area contributed by atoms with E-state index in [0.29, 0.717) is 32.8 Å². The molecule has 188 valence electrons. The summed E-state index contributed by atoms with van der Waals surface area (Å²) < 4.78 is 5.36. The molecule has 0 atom stereocenters. The number of nitrogens with two attached hydrogens (primary N) is 2. The predicted octanol–water partition coefficient (Wildman–Crippen LogP) is 5.71. The van der Waals surface area contributed by atoms with E-state index in [9.17, 15) is 14.9 Å². The number of nitrogens with one attached hydrogen (secondary N) is 1. The second kappa shape index (κ2) is 9.50. The largest absolute Gasteiger partial charge is 0.462 e. The van der Waals surface area contributed by atoms with Gasteiger partial charge in [-0.25, -0.2) is 9.78 Å². The fraction of sp³-hybridized carbons (Fsp3) is 0.259. The van der Waals surface area contributed by atoms with Crippen LogP contribution in [0.25, 0.3) is 20.7 Å². The van der Waals surface area contributed by atoms with Gasteiger partial charge in [-0.2, -0.15) is 5.26 Å². The van der Waals surface area contributed by atoms with Crippen molar-refractivity contribution in [2.45, 2.75) is 39.5 Å². The SMILES string of the molecule is CCOC(=O)c1c(NC(=O)c2sc3nc(N)c(C#N)c(C(C)C)c3c2N)sc2c1CCc1ccccc1-2. The Hall–Kier alpha value is -3.94. The van der Waals surface area contributed by atoms with Gasteiger partial charge in [0, 0.05) is 10.3 Å². The van der Waals surface area contributed by atoms with Crippen LogP contribution in [0.1, 0.15) is 69.0 Å². The number of amides is 1. The number of carbonyl (C=O) groups excluding carboxylic acids is 2. The standard InChI is InChI=1S/C27H25N5O3S2/c1-4-35-27(34)18-15-10-9-13-7-5-6-8-14(13)21(15)36-25(18)32-24(33)22-20(29)19-17(12(2)3)16(11-28)23(30)31-26(19)37-22/h5-8,12H,4,9-10,29H2,1-3H3,(H2,30,31)(H,32,33). The van der Waals surface area contributed by atoms with E-state index in [2.05, 4.69) is 22.4 Å². The van der Waals surface area contributed by atoms with Crippen LogP contribution in [0.3, 0.4) is 0 Å². The molecule has 5 N–H and O–H groups in total. The molecule has 1 aliphatic carbocycles. The van der Waals surface area contributed by atoms with Gasteiger partial charge in [0.2, 0.25) is 0 Å². The van der Waals surface area contributed by atoms with Crippen molar-refractivity contribution in [3.05, 3.63) is 57.0 Å². The summed E-state index contributed by atoms with van der Waals surface area (Å²) in [6.45, 7) is 5.85. The second-order valence-electron chi connectivity index (χ2n) is 9.02. The molecule has 4 aromatic rings. The molecule has 0 radical (unpaired) electrons. The minimum Gasteiger partial charge on any atom is -0.462 e. The van der Waals surface area contributed by atoms with E-state index >= 15 is 0 Å². The summed E-state index contributed by atoms with van der Waals surface area (Å²) in [4.78, 5) is 32.6. The Morgan fingerprint density at radius 1 is 1.22 bits per heavy atom. The van der Waals surface area contributed by atoms with E-state index in [-0.39, 0.29) is 34.5 Å². The molecular formula is C27H25N5O3S2. The van der Waals surface area contributed by atoms with Crippen LogP contribution in [0.5, 0.6) is 0 Å². The van der Waals surface area contributed by atoms with Gasteiger partial charge in [0.15, 0.2) is 0 Å². The second-order valence-corrected chi connectivity index (χ2v) is 11.0. The minimum absolute atomic E-state index is 0.0604. The summed E-state index contributed by atoms with van der Waals surface area (Å²) in [5.74, 6) is -0.866. The summed E-state index contributed by atoms with van der Waals surface area (Å²) in [5.41, 5.74) is 17.3. The monoisotopic (exact) mass is 531 g/mol. The van der Waals surface area contributed by atoms with Crippen LogP contribution in [-0.4, -0.2) is 23.5 Å². The molecule has 0 bridgehead atoms. The molecule has 37 heavy (non-hydrogen) atoms. The van der Waals surface area contributed by atoms with Crippen LogP contribution >= 0.6 is 22.7 Å². The van der Waals surface area contributed by atoms with Crippen LogP contribution in [0.4, 0.5) is 16.5 Å². The lowest BCUT2D eigenvalue weighted by molar-refractivity contribution is 0.0527.